The molecule has 8 nitrogen and oxygen atoms in total. The minimum absolute atomic E-state index is 0.0588. The van der Waals surface area contributed by atoms with Gasteiger partial charge in [0.1, 0.15) is 11.9 Å². The fourth-order valence-corrected chi connectivity index (χ4v) is 3.72. The maximum absolute atomic E-state index is 13.7. The van der Waals surface area contributed by atoms with Gasteiger partial charge in [0.25, 0.3) is 0 Å². The van der Waals surface area contributed by atoms with Gasteiger partial charge in [0.05, 0.1) is 30.9 Å². The predicted molar refractivity (Wildman–Crippen MR) is 106 cm³/mol. The highest BCUT2D eigenvalue weighted by atomic mass is 19.1. The Bertz CT molecular complexity index is 711. The fraction of sp³-hybridized carbons (Fsp3) is 0.600. The number of carbonyl (C=O) groups is 2. The highest BCUT2D eigenvalue weighted by Gasteiger charge is 2.34. The Kier molecular flexibility index (Phi) is 7.40. The Hall–Kier alpha value is -2.23. The van der Waals surface area contributed by atoms with Crippen molar-refractivity contribution in [1.29, 1.82) is 0 Å². The van der Waals surface area contributed by atoms with Crippen LogP contribution in [0.15, 0.2) is 24.3 Å². The van der Waals surface area contributed by atoms with Crippen molar-refractivity contribution in [2.45, 2.75) is 37.5 Å². The third kappa shape index (κ3) is 5.88. The zero-order valence-corrected chi connectivity index (χ0v) is 16.6. The van der Waals surface area contributed by atoms with Crippen molar-refractivity contribution >= 4 is 17.6 Å². The smallest absolute Gasteiger partial charge is 0.319 e. The Morgan fingerprint density at radius 2 is 1.93 bits per heavy atom. The first-order chi connectivity index (χ1) is 14.0. The molecular weight excluding hydrogens is 379 g/mol. The van der Waals surface area contributed by atoms with E-state index in [9.17, 15) is 19.1 Å². The van der Waals surface area contributed by atoms with Crippen molar-refractivity contribution in [1.82, 2.24) is 15.1 Å². The molecule has 2 fully saturated rings. The highest BCUT2D eigenvalue weighted by Crippen LogP contribution is 2.23. The lowest BCUT2D eigenvalue weighted by molar-refractivity contribution is -0.141. The lowest BCUT2D eigenvalue weighted by Crippen LogP contribution is -2.53. The van der Waals surface area contributed by atoms with Crippen LogP contribution in [0.5, 0.6) is 0 Å². The third-order valence-corrected chi connectivity index (χ3v) is 5.49. The van der Waals surface area contributed by atoms with Crippen LogP contribution in [-0.4, -0.2) is 84.9 Å². The zero-order valence-electron chi connectivity index (χ0n) is 16.6. The summed E-state index contributed by atoms with van der Waals surface area (Å²) in [5.41, 5.74) is 0.0814. The van der Waals surface area contributed by atoms with Crippen LogP contribution in [0.1, 0.15) is 19.3 Å². The van der Waals surface area contributed by atoms with Crippen LogP contribution in [0.4, 0.5) is 14.9 Å². The SMILES string of the molecule is CN1CCN(C(=O)C[C@@H]2CC[C@H](NC(=O)Nc3ccccc3F)[C@H](CO)O2)CC1. The van der Waals surface area contributed by atoms with Crippen molar-refractivity contribution in [3.8, 4) is 0 Å². The minimum Gasteiger partial charge on any atom is -0.394 e. The summed E-state index contributed by atoms with van der Waals surface area (Å²) in [6.45, 7) is 2.88. The number of amides is 3. The molecule has 29 heavy (non-hydrogen) atoms. The van der Waals surface area contributed by atoms with Gasteiger partial charge in [-0.15, -0.1) is 0 Å². The molecule has 2 aliphatic heterocycles. The molecule has 3 rings (SSSR count). The molecule has 0 saturated carbocycles. The largest absolute Gasteiger partial charge is 0.394 e. The first kappa shape index (κ1) is 21.5. The summed E-state index contributed by atoms with van der Waals surface area (Å²) in [4.78, 5) is 28.7. The van der Waals surface area contributed by atoms with E-state index in [4.69, 9.17) is 4.74 Å². The van der Waals surface area contributed by atoms with Crippen LogP contribution in [0.25, 0.3) is 0 Å². The minimum atomic E-state index is -0.611. The molecule has 0 unspecified atom stereocenters. The van der Waals surface area contributed by atoms with Crippen LogP contribution in [0, 0.1) is 5.82 Å². The number of benzene rings is 1. The average molecular weight is 408 g/mol. The number of likely N-dealkylation sites (N-methyl/N-ethyl adjacent to an activating group) is 1. The van der Waals surface area contributed by atoms with Crippen molar-refractivity contribution < 1.29 is 23.8 Å². The van der Waals surface area contributed by atoms with E-state index in [1.165, 1.54) is 12.1 Å². The van der Waals surface area contributed by atoms with Crippen LogP contribution in [0.2, 0.25) is 0 Å². The van der Waals surface area contributed by atoms with E-state index < -0.39 is 24.0 Å². The second-order valence-electron chi connectivity index (χ2n) is 7.63. The van der Waals surface area contributed by atoms with Crippen molar-refractivity contribution in [2.24, 2.45) is 0 Å². The molecule has 2 saturated heterocycles. The van der Waals surface area contributed by atoms with E-state index in [1.807, 2.05) is 11.9 Å². The van der Waals surface area contributed by atoms with Crippen LogP contribution >= 0.6 is 0 Å². The number of hydrogen-bond acceptors (Lipinski definition) is 5. The molecule has 2 heterocycles. The number of urea groups is 1. The van der Waals surface area contributed by atoms with Gasteiger partial charge >= 0.3 is 6.03 Å². The monoisotopic (exact) mass is 408 g/mol. The average Bonchev–Trinajstić information content (AvgIpc) is 2.71. The van der Waals surface area contributed by atoms with Crippen molar-refractivity contribution in [3.05, 3.63) is 30.1 Å². The van der Waals surface area contributed by atoms with Gasteiger partial charge in [-0.2, -0.15) is 0 Å². The number of para-hydroxylation sites is 1. The summed E-state index contributed by atoms with van der Waals surface area (Å²) < 4.78 is 19.6. The van der Waals surface area contributed by atoms with Gasteiger partial charge in [0, 0.05) is 26.2 Å². The number of carbonyl (C=O) groups excluding carboxylic acids is 2. The number of ether oxygens (including phenoxy) is 1. The summed E-state index contributed by atoms with van der Waals surface area (Å²) in [5.74, 6) is -0.466. The van der Waals surface area contributed by atoms with E-state index in [0.717, 1.165) is 13.1 Å². The first-order valence-electron chi connectivity index (χ1n) is 10.0. The molecule has 3 N–H and O–H groups in total. The van der Waals surface area contributed by atoms with E-state index in [-0.39, 0.29) is 30.7 Å². The van der Waals surface area contributed by atoms with Crippen molar-refractivity contribution in [2.75, 3.05) is 45.2 Å². The Morgan fingerprint density at radius 3 is 2.62 bits per heavy atom. The Balaban J connectivity index is 1.48. The second-order valence-corrected chi connectivity index (χ2v) is 7.63. The van der Waals surface area contributed by atoms with Crippen LogP contribution in [0.3, 0.4) is 0 Å². The topological polar surface area (TPSA) is 94.1 Å². The molecule has 160 valence electrons. The molecule has 3 amide bonds. The summed E-state index contributed by atoms with van der Waals surface area (Å²) in [7, 11) is 2.04. The molecule has 9 heteroatoms. The number of nitrogens with zero attached hydrogens (tertiary/aromatic N) is 2. The number of nitrogens with one attached hydrogen (secondary N) is 2. The molecule has 0 radical (unpaired) electrons. The van der Waals surface area contributed by atoms with E-state index >= 15 is 0 Å². The maximum atomic E-state index is 13.7. The number of aliphatic hydroxyl groups is 1. The second kappa shape index (κ2) is 10.00. The predicted octanol–water partition coefficient (Wildman–Crippen LogP) is 1.02. The summed E-state index contributed by atoms with van der Waals surface area (Å²) >= 11 is 0. The summed E-state index contributed by atoms with van der Waals surface area (Å²) in [6, 6.07) is 4.92. The molecule has 0 aromatic heterocycles. The van der Waals surface area contributed by atoms with Gasteiger partial charge in [-0.1, -0.05) is 12.1 Å². The Morgan fingerprint density at radius 1 is 1.21 bits per heavy atom. The van der Waals surface area contributed by atoms with Gasteiger partial charge in [-0.3, -0.25) is 4.79 Å². The standard InChI is InChI=1S/C20H29FN4O4/c1-24-8-10-25(11-9-24)19(27)12-14-6-7-17(18(13-26)29-14)23-20(28)22-16-5-3-2-4-15(16)21/h2-5,14,17-18,26H,6-13H2,1H3,(H2,22,23,28)/t14-,17-,18-/m0/s1. The highest BCUT2D eigenvalue weighted by molar-refractivity contribution is 5.89. The number of aliphatic hydroxyl groups excluding tert-OH is 1. The quantitative estimate of drug-likeness (QED) is 0.676. The maximum Gasteiger partial charge on any atom is 0.319 e. The summed E-state index contributed by atoms with van der Waals surface area (Å²) in [6.07, 6.45) is 0.540. The lowest BCUT2D eigenvalue weighted by atomic mass is 9.97. The third-order valence-electron chi connectivity index (χ3n) is 5.49. The normalized spacial score (nSPS) is 25.5. The fourth-order valence-electron chi connectivity index (χ4n) is 3.72. The number of hydrogen-bond donors (Lipinski definition) is 3. The first-order valence-corrected chi connectivity index (χ1v) is 10.0. The Labute approximate surface area is 170 Å². The van der Waals surface area contributed by atoms with Crippen LogP contribution < -0.4 is 10.6 Å². The van der Waals surface area contributed by atoms with E-state index in [1.54, 1.807) is 12.1 Å². The molecule has 0 bridgehead atoms. The molecule has 3 atom stereocenters. The van der Waals surface area contributed by atoms with E-state index in [2.05, 4.69) is 15.5 Å². The zero-order chi connectivity index (χ0) is 20.8. The van der Waals surface area contributed by atoms with Gasteiger partial charge < -0.3 is 30.3 Å². The van der Waals surface area contributed by atoms with Gasteiger partial charge in [0.2, 0.25) is 5.91 Å². The number of rotatable bonds is 5. The molecule has 1 aromatic rings. The summed E-state index contributed by atoms with van der Waals surface area (Å²) in [5, 5.41) is 14.9. The molecular formula is C20H29FN4O4. The van der Waals surface area contributed by atoms with E-state index in [0.29, 0.717) is 25.9 Å². The molecule has 2 aliphatic rings. The number of piperazine rings is 1. The number of anilines is 1. The van der Waals surface area contributed by atoms with Crippen LogP contribution in [-0.2, 0) is 9.53 Å². The van der Waals surface area contributed by atoms with Gasteiger partial charge in [0.15, 0.2) is 0 Å². The van der Waals surface area contributed by atoms with Gasteiger partial charge in [-0.05, 0) is 32.0 Å². The molecule has 0 spiro atoms. The van der Waals surface area contributed by atoms with Gasteiger partial charge in [-0.25, -0.2) is 9.18 Å². The molecule has 1 aromatic carbocycles. The molecule has 0 aliphatic carbocycles. The number of halogens is 1. The lowest BCUT2D eigenvalue weighted by Gasteiger charge is -2.37. The van der Waals surface area contributed by atoms with Crippen molar-refractivity contribution in [3.63, 3.8) is 0 Å².